The average molecular weight is 457 g/mol. The van der Waals surface area contributed by atoms with E-state index in [4.69, 9.17) is 10.7 Å². The Hall–Kier alpha value is -5.03. The molecule has 1 atom stereocenters. The van der Waals surface area contributed by atoms with E-state index in [0.717, 1.165) is 39.1 Å². The highest BCUT2D eigenvalue weighted by Crippen LogP contribution is 2.34. The highest BCUT2D eigenvalue weighted by Gasteiger charge is 2.22. The van der Waals surface area contributed by atoms with E-state index in [-0.39, 0.29) is 5.92 Å². The normalized spacial score (nSPS) is 12.1. The first-order valence-electron chi connectivity index (χ1n) is 11.2. The van der Waals surface area contributed by atoms with Crippen LogP contribution in [0.25, 0.3) is 33.3 Å². The number of hydrogen-bond acceptors (Lipinski definition) is 6. The number of H-pyrrole nitrogens is 2. The summed E-state index contributed by atoms with van der Waals surface area (Å²) in [6, 6.07) is 27.9. The Bertz CT molecular complexity index is 1710. The minimum absolute atomic E-state index is 0.0694. The van der Waals surface area contributed by atoms with Crippen LogP contribution in [0.2, 0.25) is 0 Å². The molecule has 6 aromatic rings. The summed E-state index contributed by atoms with van der Waals surface area (Å²) in [7, 11) is 0. The molecule has 3 heterocycles. The molecule has 0 fully saturated rings. The molecule has 0 radical (unpaired) electrons. The summed E-state index contributed by atoms with van der Waals surface area (Å²) in [5.74, 6) is 1.16. The number of nitrogens with two attached hydrogens (primary N) is 1. The molecule has 0 aliphatic carbocycles. The maximum absolute atomic E-state index is 9.32. The third kappa shape index (κ3) is 3.75. The number of para-hydroxylation sites is 1. The second-order valence-electron chi connectivity index (χ2n) is 8.38. The second kappa shape index (κ2) is 8.39. The molecule has 0 bridgehead atoms. The Morgan fingerprint density at radius 3 is 2.60 bits per heavy atom. The van der Waals surface area contributed by atoms with E-state index in [1.165, 1.54) is 0 Å². The van der Waals surface area contributed by atoms with Crippen LogP contribution in [0.1, 0.15) is 28.4 Å². The number of hydrogen-bond donors (Lipinski definition) is 3. The summed E-state index contributed by atoms with van der Waals surface area (Å²) in [6.45, 7) is 0. The molecule has 0 saturated carbocycles. The molecule has 0 aliphatic heterocycles. The summed E-state index contributed by atoms with van der Waals surface area (Å²) in [5.41, 5.74) is 13.7. The molecule has 3 aromatic heterocycles. The SMILES string of the molecule is N#Cc1cccc(-c2cccc3[nH]c(CC(c4ccccc4)c4cc(N)nc5n[nH]nc45)nc23)c1. The number of aromatic nitrogens is 6. The largest absolute Gasteiger partial charge is 0.384 e. The van der Waals surface area contributed by atoms with Gasteiger partial charge in [-0.3, -0.25) is 0 Å². The fourth-order valence-corrected chi connectivity index (χ4v) is 4.60. The standard InChI is InChI=1S/C27H20N8/c28-15-16-6-4-9-18(12-16)19-10-5-11-22-25(19)32-24(30-22)14-20(17-7-2-1-3-8-17)21-13-23(29)31-27-26(21)33-35-34-27/h1-13,20H,14H2,(H,30,32)(H3,29,31,33,34,35). The molecule has 4 N–H and O–H groups in total. The first kappa shape index (κ1) is 20.6. The van der Waals surface area contributed by atoms with E-state index < -0.39 is 0 Å². The number of benzene rings is 3. The first-order valence-corrected chi connectivity index (χ1v) is 11.2. The van der Waals surface area contributed by atoms with Gasteiger partial charge in [0.2, 0.25) is 5.65 Å². The maximum atomic E-state index is 9.32. The molecule has 6 rings (SSSR count). The molecule has 8 heteroatoms. The third-order valence-corrected chi connectivity index (χ3v) is 6.18. The van der Waals surface area contributed by atoms with Crippen molar-refractivity contribution in [3.63, 3.8) is 0 Å². The number of imidazole rings is 1. The number of nitriles is 1. The van der Waals surface area contributed by atoms with Crippen LogP contribution in [0.15, 0.2) is 78.9 Å². The van der Waals surface area contributed by atoms with Crippen molar-refractivity contribution in [3.05, 3.63) is 101 Å². The van der Waals surface area contributed by atoms with E-state index in [1.54, 1.807) is 6.07 Å². The third-order valence-electron chi connectivity index (χ3n) is 6.18. The van der Waals surface area contributed by atoms with Gasteiger partial charge in [-0.2, -0.15) is 15.6 Å². The van der Waals surface area contributed by atoms with Crippen molar-refractivity contribution in [1.29, 1.82) is 5.26 Å². The number of rotatable bonds is 5. The van der Waals surface area contributed by atoms with Crippen molar-refractivity contribution in [2.45, 2.75) is 12.3 Å². The molecule has 3 aromatic carbocycles. The zero-order valence-electron chi connectivity index (χ0n) is 18.6. The zero-order chi connectivity index (χ0) is 23.8. The van der Waals surface area contributed by atoms with Gasteiger partial charge in [-0.1, -0.05) is 54.6 Å². The van der Waals surface area contributed by atoms with Gasteiger partial charge in [-0.05, 0) is 41.0 Å². The van der Waals surface area contributed by atoms with E-state index in [1.807, 2.05) is 60.7 Å². The van der Waals surface area contributed by atoms with Crippen molar-refractivity contribution >= 4 is 28.0 Å². The molecule has 8 nitrogen and oxygen atoms in total. The van der Waals surface area contributed by atoms with Gasteiger partial charge in [-0.25, -0.2) is 9.97 Å². The smallest absolute Gasteiger partial charge is 0.203 e. The molecule has 1 unspecified atom stereocenters. The lowest BCUT2D eigenvalue weighted by Gasteiger charge is -2.17. The van der Waals surface area contributed by atoms with Crippen LogP contribution >= 0.6 is 0 Å². The molecule has 168 valence electrons. The van der Waals surface area contributed by atoms with Crippen molar-refractivity contribution in [3.8, 4) is 17.2 Å². The van der Waals surface area contributed by atoms with Crippen LogP contribution in [-0.2, 0) is 6.42 Å². The van der Waals surface area contributed by atoms with Gasteiger partial charge in [0.1, 0.15) is 17.2 Å². The molecule has 0 saturated heterocycles. The number of nitrogens with one attached hydrogen (secondary N) is 2. The Morgan fingerprint density at radius 1 is 0.886 bits per heavy atom. The lowest BCUT2D eigenvalue weighted by atomic mass is 9.88. The molecule has 0 aliphatic rings. The van der Waals surface area contributed by atoms with Crippen molar-refractivity contribution < 1.29 is 0 Å². The number of anilines is 1. The fourth-order valence-electron chi connectivity index (χ4n) is 4.60. The lowest BCUT2D eigenvalue weighted by molar-refractivity contribution is 0.771. The van der Waals surface area contributed by atoms with Crippen LogP contribution in [0, 0.1) is 11.3 Å². The van der Waals surface area contributed by atoms with Gasteiger partial charge in [0.05, 0.1) is 22.7 Å². The maximum Gasteiger partial charge on any atom is 0.203 e. The minimum atomic E-state index is -0.0694. The fraction of sp³-hybridized carbons (Fsp3) is 0.0741. The van der Waals surface area contributed by atoms with Crippen molar-refractivity contribution in [2.75, 3.05) is 5.73 Å². The predicted octanol–water partition coefficient (Wildman–Crippen LogP) is 4.72. The Labute approximate surface area is 200 Å². The molecular formula is C27H20N8. The molecule has 0 amide bonds. The predicted molar refractivity (Wildman–Crippen MR) is 134 cm³/mol. The number of nitrogens with zero attached hydrogens (tertiary/aromatic N) is 5. The summed E-state index contributed by atoms with van der Waals surface area (Å²) in [6.07, 6.45) is 0.599. The molecular weight excluding hydrogens is 436 g/mol. The summed E-state index contributed by atoms with van der Waals surface area (Å²) >= 11 is 0. The average Bonchev–Trinajstić information content (AvgIpc) is 3.54. The van der Waals surface area contributed by atoms with E-state index in [2.05, 4.69) is 43.6 Å². The quantitative estimate of drug-likeness (QED) is 0.344. The Morgan fingerprint density at radius 2 is 1.74 bits per heavy atom. The van der Waals surface area contributed by atoms with Gasteiger partial charge in [0.15, 0.2) is 0 Å². The van der Waals surface area contributed by atoms with Gasteiger partial charge in [-0.15, -0.1) is 5.10 Å². The van der Waals surface area contributed by atoms with E-state index in [0.29, 0.717) is 29.0 Å². The number of aromatic amines is 2. The van der Waals surface area contributed by atoms with Crippen LogP contribution in [0.5, 0.6) is 0 Å². The zero-order valence-corrected chi connectivity index (χ0v) is 18.6. The second-order valence-corrected chi connectivity index (χ2v) is 8.38. The van der Waals surface area contributed by atoms with Gasteiger partial charge >= 0.3 is 0 Å². The van der Waals surface area contributed by atoms with E-state index in [9.17, 15) is 5.26 Å². The monoisotopic (exact) mass is 456 g/mol. The highest BCUT2D eigenvalue weighted by molar-refractivity contribution is 5.92. The van der Waals surface area contributed by atoms with Crippen LogP contribution < -0.4 is 5.73 Å². The number of pyridine rings is 1. The molecule has 35 heavy (non-hydrogen) atoms. The summed E-state index contributed by atoms with van der Waals surface area (Å²) in [5, 5.41) is 20.5. The number of fused-ring (bicyclic) bond motifs is 2. The first-order chi connectivity index (χ1) is 17.2. The highest BCUT2D eigenvalue weighted by atomic mass is 15.3. The van der Waals surface area contributed by atoms with Crippen molar-refractivity contribution in [1.82, 2.24) is 30.4 Å². The topological polar surface area (TPSA) is 133 Å². The van der Waals surface area contributed by atoms with Crippen LogP contribution in [-0.4, -0.2) is 30.4 Å². The van der Waals surface area contributed by atoms with Gasteiger partial charge in [0.25, 0.3) is 0 Å². The van der Waals surface area contributed by atoms with Crippen LogP contribution in [0.3, 0.4) is 0 Å². The van der Waals surface area contributed by atoms with Crippen LogP contribution in [0.4, 0.5) is 5.82 Å². The number of nitrogen functional groups attached to an aromatic ring is 1. The Kier molecular flexibility index (Phi) is 4.93. The Balaban J connectivity index is 1.47. The van der Waals surface area contributed by atoms with Crippen molar-refractivity contribution in [2.24, 2.45) is 0 Å². The minimum Gasteiger partial charge on any atom is -0.384 e. The van der Waals surface area contributed by atoms with E-state index >= 15 is 0 Å². The summed E-state index contributed by atoms with van der Waals surface area (Å²) < 4.78 is 0. The molecule has 0 spiro atoms. The lowest BCUT2D eigenvalue weighted by Crippen LogP contribution is -2.08. The van der Waals surface area contributed by atoms with Gasteiger partial charge < -0.3 is 10.7 Å². The van der Waals surface area contributed by atoms with Gasteiger partial charge in [0, 0.05) is 17.9 Å². The summed E-state index contributed by atoms with van der Waals surface area (Å²) in [4.78, 5) is 12.8.